The molecule has 5 nitrogen and oxygen atoms in total. The van der Waals surface area contributed by atoms with Gasteiger partial charge in [0.15, 0.2) is 5.82 Å². The number of aliphatic hydroxyl groups is 1. The van der Waals surface area contributed by atoms with Gasteiger partial charge in [0.2, 0.25) is 5.89 Å². The lowest BCUT2D eigenvalue weighted by molar-refractivity contribution is 0.230. The molecule has 102 valence electrons. The van der Waals surface area contributed by atoms with E-state index in [0.29, 0.717) is 24.6 Å². The predicted molar refractivity (Wildman–Crippen MR) is 71.5 cm³/mol. The summed E-state index contributed by atoms with van der Waals surface area (Å²) in [5, 5.41) is 12.9. The fraction of sp³-hybridized carbons (Fsp3) is 0.429. The van der Waals surface area contributed by atoms with Gasteiger partial charge < -0.3 is 15.4 Å². The Morgan fingerprint density at radius 1 is 1.32 bits per heavy atom. The molecule has 5 heteroatoms. The highest BCUT2D eigenvalue weighted by molar-refractivity contribution is 5.17. The summed E-state index contributed by atoms with van der Waals surface area (Å²) in [5.41, 5.74) is 6.90. The van der Waals surface area contributed by atoms with E-state index in [4.69, 9.17) is 15.4 Å². The predicted octanol–water partition coefficient (Wildman–Crippen LogP) is 1.16. The quantitative estimate of drug-likeness (QED) is 0.815. The topological polar surface area (TPSA) is 85.2 Å². The summed E-state index contributed by atoms with van der Waals surface area (Å²) in [6.07, 6.45) is 1.24. The molecular weight excluding hydrogens is 242 g/mol. The Balaban J connectivity index is 1.96. The third-order valence-corrected chi connectivity index (χ3v) is 3.15. The maximum atomic E-state index is 8.99. The van der Waals surface area contributed by atoms with E-state index in [2.05, 4.69) is 10.1 Å². The molecule has 0 aliphatic carbocycles. The van der Waals surface area contributed by atoms with Crippen molar-refractivity contribution in [1.29, 1.82) is 0 Å². The number of hydrogen-bond donors (Lipinski definition) is 2. The first kappa shape index (κ1) is 13.7. The molecule has 2 aromatic rings. The largest absolute Gasteiger partial charge is 0.395 e. The van der Waals surface area contributed by atoms with E-state index in [-0.39, 0.29) is 18.6 Å². The first-order chi connectivity index (χ1) is 9.19. The molecule has 0 saturated heterocycles. The van der Waals surface area contributed by atoms with E-state index >= 15 is 0 Å². The summed E-state index contributed by atoms with van der Waals surface area (Å²) in [4.78, 5) is 4.35. The van der Waals surface area contributed by atoms with Crippen molar-refractivity contribution in [2.75, 3.05) is 6.61 Å². The Labute approximate surface area is 112 Å². The van der Waals surface area contributed by atoms with Crippen LogP contribution in [0.1, 0.15) is 24.2 Å². The van der Waals surface area contributed by atoms with E-state index in [1.807, 2.05) is 37.3 Å². The molecule has 19 heavy (non-hydrogen) atoms. The van der Waals surface area contributed by atoms with Crippen LogP contribution in [0.4, 0.5) is 0 Å². The van der Waals surface area contributed by atoms with Gasteiger partial charge in [0.1, 0.15) is 0 Å². The highest BCUT2D eigenvalue weighted by Gasteiger charge is 2.16. The Morgan fingerprint density at radius 3 is 2.74 bits per heavy atom. The average Bonchev–Trinajstić information content (AvgIpc) is 2.86. The van der Waals surface area contributed by atoms with Crippen LogP contribution in [0.3, 0.4) is 0 Å². The molecular formula is C14H19N3O2. The van der Waals surface area contributed by atoms with E-state index in [0.717, 1.165) is 5.56 Å². The van der Waals surface area contributed by atoms with Crippen LogP contribution in [0.15, 0.2) is 34.9 Å². The zero-order chi connectivity index (χ0) is 13.7. The van der Waals surface area contributed by atoms with Crippen LogP contribution in [-0.2, 0) is 12.8 Å². The van der Waals surface area contributed by atoms with Crippen LogP contribution in [0.5, 0.6) is 0 Å². The van der Waals surface area contributed by atoms with Crippen LogP contribution < -0.4 is 5.73 Å². The van der Waals surface area contributed by atoms with Crippen molar-refractivity contribution in [1.82, 2.24) is 10.1 Å². The minimum absolute atomic E-state index is 0.0319. The van der Waals surface area contributed by atoms with Crippen LogP contribution in [-0.4, -0.2) is 27.9 Å². The van der Waals surface area contributed by atoms with Gasteiger partial charge >= 0.3 is 0 Å². The number of rotatable bonds is 6. The molecule has 0 fully saturated rings. The van der Waals surface area contributed by atoms with E-state index in [9.17, 15) is 0 Å². The molecule has 0 aliphatic heterocycles. The van der Waals surface area contributed by atoms with Gasteiger partial charge in [-0.3, -0.25) is 0 Å². The number of aromatic nitrogens is 2. The normalized spacial score (nSPS) is 14.3. The third kappa shape index (κ3) is 3.87. The van der Waals surface area contributed by atoms with Crippen LogP contribution >= 0.6 is 0 Å². The Kier molecular flexibility index (Phi) is 4.65. The maximum absolute atomic E-state index is 8.99. The lowest BCUT2D eigenvalue weighted by atomic mass is 9.99. The zero-order valence-electron chi connectivity index (χ0n) is 11.0. The molecule has 0 spiro atoms. The van der Waals surface area contributed by atoms with Crippen molar-refractivity contribution in [3.8, 4) is 0 Å². The van der Waals surface area contributed by atoms with Crippen molar-refractivity contribution in [2.45, 2.75) is 25.8 Å². The summed E-state index contributed by atoms with van der Waals surface area (Å²) in [5.74, 6) is 1.36. The highest BCUT2D eigenvalue weighted by Crippen LogP contribution is 2.11. The third-order valence-electron chi connectivity index (χ3n) is 3.15. The Morgan fingerprint density at radius 2 is 2.05 bits per heavy atom. The molecule has 2 rings (SSSR count). The number of hydrogen-bond acceptors (Lipinski definition) is 5. The van der Waals surface area contributed by atoms with Crippen LogP contribution in [0.25, 0.3) is 0 Å². The fourth-order valence-corrected chi connectivity index (χ4v) is 1.83. The number of nitrogens with two attached hydrogens (primary N) is 1. The van der Waals surface area contributed by atoms with Gasteiger partial charge in [0, 0.05) is 12.5 Å². The second-order valence-corrected chi connectivity index (χ2v) is 4.79. The van der Waals surface area contributed by atoms with Crippen LogP contribution in [0.2, 0.25) is 0 Å². The molecule has 0 amide bonds. The van der Waals surface area contributed by atoms with Gasteiger partial charge in [-0.2, -0.15) is 4.98 Å². The van der Waals surface area contributed by atoms with E-state index in [1.165, 1.54) is 0 Å². The monoisotopic (exact) mass is 261 g/mol. The molecule has 0 bridgehead atoms. The summed E-state index contributed by atoms with van der Waals surface area (Å²) in [7, 11) is 0. The lowest BCUT2D eigenvalue weighted by Gasteiger charge is -2.14. The summed E-state index contributed by atoms with van der Waals surface area (Å²) < 4.78 is 5.22. The molecule has 2 unspecified atom stereocenters. The van der Waals surface area contributed by atoms with Crippen molar-refractivity contribution >= 4 is 0 Å². The smallest absolute Gasteiger partial charge is 0.231 e. The van der Waals surface area contributed by atoms with Gasteiger partial charge in [0.25, 0.3) is 0 Å². The second kappa shape index (κ2) is 6.45. The number of benzene rings is 1. The van der Waals surface area contributed by atoms with Crippen molar-refractivity contribution in [3.63, 3.8) is 0 Å². The SMILES string of the molecule is CC(Cc1noc(Cc2ccccc2)n1)C(N)CO. The van der Waals surface area contributed by atoms with Gasteiger partial charge in [-0.15, -0.1) is 0 Å². The molecule has 1 aromatic heterocycles. The van der Waals surface area contributed by atoms with Gasteiger partial charge in [0.05, 0.1) is 13.0 Å². The highest BCUT2D eigenvalue weighted by atomic mass is 16.5. The lowest BCUT2D eigenvalue weighted by Crippen LogP contribution is -2.33. The Hall–Kier alpha value is -1.72. The minimum atomic E-state index is -0.254. The van der Waals surface area contributed by atoms with Crippen molar-refractivity contribution in [2.24, 2.45) is 11.7 Å². The minimum Gasteiger partial charge on any atom is -0.395 e. The van der Waals surface area contributed by atoms with Gasteiger partial charge in [-0.05, 0) is 11.5 Å². The van der Waals surface area contributed by atoms with Crippen molar-refractivity contribution < 1.29 is 9.63 Å². The first-order valence-corrected chi connectivity index (χ1v) is 6.41. The molecule has 0 radical (unpaired) electrons. The molecule has 2 atom stereocenters. The number of nitrogens with zero attached hydrogens (tertiary/aromatic N) is 2. The maximum Gasteiger partial charge on any atom is 0.231 e. The number of aliphatic hydroxyl groups excluding tert-OH is 1. The second-order valence-electron chi connectivity index (χ2n) is 4.79. The van der Waals surface area contributed by atoms with Gasteiger partial charge in [-0.25, -0.2) is 0 Å². The summed E-state index contributed by atoms with van der Waals surface area (Å²) in [6.45, 7) is 1.93. The molecule has 3 N–H and O–H groups in total. The summed E-state index contributed by atoms with van der Waals surface area (Å²) in [6, 6.07) is 9.73. The molecule has 0 saturated carbocycles. The summed E-state index contributed by atoms with van der Waals surface area (Å²) >= 11 is 0. The van der Waals surface area contributed by atoms with E-state index < -0.39 is 0 Å². The fourth-order valence-electron chi connectivity index (χ4n) is 1.83. The molecule has 1 aromatic carbocycles. The van der Waals surface area contributed by atoms with Gasteiger partial charge in [-0.1, -0.05) is 42.4 Å². The van der Waals surface area contributed by atoms with E-state index in [1.54, 1.807) is 0 Å². The van der Waals surface area contributed by atoms with Crippen LogP contribution in [0, 0.1) is 5.92 Å². The molecule has 0 aliphatic rings. The standard InChI is InChI=1S/C14H19N3O2/c1-10(12(15)9-18)7-13-16-14(19-17-13)8-11-5-3-2-4-6-11/h2-6,10,12,18H,7-9,15H2,1H3. The Bertz CT molecular complexity index is 498. The zero-order valence-corrected chi connectivity index (χ0v) is 11.0. The molecule has 1 heterocycles. The average molecular weight is 261 g/mol. The first-order valence-electron chi connectivity index (χ1n) is 6.41. The van der Waals surface area contributed by atoms with Crippen molar-refractivity contribution in [3.05, 3.63) is 47.6 Å².